The van der Waals surface area contributed by atoms with Crippen LogP contribution in [0.2, 0.25) is 0 Å². The minimum atomic E-state index is -0.799. The smallest absolute Gasteiger partial charge is 0.309 e. The number of nitrogens with two attached hydrogens (primary N) is 1. The van der Waals surface area contributed by atoms with Gasteiger partial charge in [-0.2, -0.15) is 0 Å². The van der Waals surface area contributed by atoms with Crippen molar-refractivity contribution in [1.29, 1.82) is 0 Å². The van der Waals surface area contributed by atoms with E-state index in [9.17, 15) is 4.79 Å². The first-order valence-electron chi connectivity index (χ1n) is 2.91. The molecule has 1 saturated heterocycles. The van der Waals surface area contributed by atoms with Crippen LogP contribution in [0.25, 0.3) is 0 Å². The van der Waals surface area contributed by atoms with Crippen LogP contribution in [0.3, 0.4) is 0 Å². The lowest BCUT2D eigenvalue weighted by Crippen LogP contribution is -2.33. The van der Waals surface area contributed by atoms with Crippen LogP contribution in [0.4, 0.5) is 0 Å². The van der Waals surface area contributed by atoms with E-state index >= 15 is 0 Å². The standard InChI is InChI=1S/C5H10N2O2.2ClH/c6-4-2-7-1-3(4)5(8)9;;/h3-4,7H,1-2,6H2,(H,8,9);2*1H/t3-,4-;;/m0../s1. The Morgan fingerprint density at radius 3 is 2.18 bits per heavy atom. The van der Waals surface area contributed by atoms with Crippen LogP contribution < -0.4 is 11.1 Å². The zero-order valence-corrected chi connectivity index (χ0v) is 7.45. The molecule has 1 aliphatic rings. The molecule has 0 aromatic rings. The summed E-state index contributed by atoms with van der Waals surface area (Å²) in [6.45, 7) is 1.13. The van der Waals surface area contributed by atoms with Gasteiger partial charge in [-0.25, -0.2) is 0 Å². The first-order chi connectivity index (χ1) is 4.22. The molecule has 0 aliphatic carbocycles. The molecule has 1 fully saturated rings. The van der Waals surface area contributed by atoms with Crippen molar-refractivity contribution in [3.8, 4) is 0 Å². The van der Waals surface area contributed by atoms with Crippen LogP contribution in [0.15, 0.2) is 0 Å². The van der Waals surface area contributed by atoms with Crippen LogP contribution in [0.1, 0.15) is 0 Å². The maximum Gasteiger partial charge on any atom is 0.309 e. The van der Waals surface area contributed by atoms with Gasteiger partial charge in [-0.3, -0.25) is 4.79 Å². The highest BCUT2D eigenvalue weighted by Crippen LogP contribution is 2.05. The molecule has 68 valence electrons. The van der Waals surface area contributed by atoms with Crippen molar-refractivity contribution < 1.29 is 9.90 Å². The van der Waals surface area contributed by atoms with Gasteiger partial charge in [0.1, 0.15) is 0 Å². The summed E-state index contributed by atoms with van der Waals surface area (Å²) in [4.78, 5) is 10.3. The number of hydrogen-bond acceptors (Lipinski definition) is 3. The molecule has 1 rings (SSSR count). The van der Waals surface area contributed by atoms with E-state index in [1.807, 2.05) is 0 Å². The second-order valence-corrected chi connectivity index (χ2v) is 2.27. The van der Waals surface area contributed by atoms with Gasteiger partial charge < -0.3 is 16.2 Å². The zero-order chi connectivity index (χ0) is 6.85. The minimum absolute atomic E-state index is 0. The second kappa shape index (κ2) is 5.60. The average Bonchev–Trinajstić information content (AvgIpc) is 2.13. The lowest BCUT2D eigenvalue weighted by atomic mass is 10.1. The third-order valence-electron chi connectivity index (χ3n) is 1.58. The summed E-state index contributed by atoms with van der Waals surface area (Å²) in [6, 6.07) is -0.206. The summed E-state index contributed by atoms with van der Waals surface area (Å²) < 4.78 is 0. The molecule has 6 heteroatoms. The van der Waals surface area contributed by atoms with Crippen molar-refractivity contribution in [3.05, 3.63) is 0 Å². The topological polar surface area (TPSA) is 75.3 Å². The third-order valence-corrected chi connectivity index (χ3v) is 1.58. The first-order valence-corrected chi connectivity index (χ1v) is 2.91. The molecule has 0 bridgehead atoms. The molecule has 1 aliphatic heterocycles. The lowest BCUT2D eigenvalue weighted by molar-refractivity contribution is -0.141. The first kappa shape index (κ1) is 13.6. The van der Waals surface area contributed by atoms with Gasteiger partial charge in [0, 0.05) is 19.1 Å². The van der Waals surface area contributed by atoms with Crippen molar-refractivity contribution in [1.82, 2.24) is 5.32 Å². The van der Waals surface area contributed by atoms with Gasteiger partial charge in [-0.1, -0.05) is 0 Å². The lowest BCUT2D eigenvalue weighted by Gasteiger charge is -2.06. The van der Waals surface area contributed by atoms with Gasteiger partial charge in [-0.15, -0.1) is 24.8 Å². The van der Waals surface area contributed by atoms with E-state index in [1.165, 1.54) is 0 Å². The number of carboxylic acids is 1. The molecule has 0 radical (unpaired) electrons. The monoisotopic (exact) mass is 202 g/mol. The molecule has 0 saturated carbocycles. The summed E-state index contributed by atoms with van der Waals surface area (Å²) in [6.07, 6.45) is 0. The van der Waals surface area contributed by atoms with Crippen LogP contribution in [0.5, 0.6) is 0 Å². The molecule has 0 aromatic carbocycles. The normalized spacial score (nSPS) is 28.5. The van der Waals surface area contributed by atoms with Gasteiger partial charge in [0.15, 0.2) is 0 Å². The average molecular weight is 203 g/mol. The van der Waals surface area contributed by atoms with Crippen LogP contribution in [0, 0.1) is 5.92 Å². The van der Waals surface area contributed by atoms with E-state index in [-0.39, 0.29) is 36.8 Å². The number of carboxylic acid groups (broad SMARTS) is 1. The quantitative estimate of drug-likeness (QED) is 0.535. The molecule has 4 N–H and O–H groups in total. The van der Waals surface area contributed by atoms with E-state index in [0.29, 0.717) is 13.1 Å². The number of aliphatic carboxylic acids is 1. The SMILES string of the molecule is Cl.Cl.N[C@H]1CNC[C@@H]1C(=O)O. The minimum Gasteiger partial charge on any atom is -0.481 e. The molecule has 1 heterocycles. The van der Waals surface area contributed by atoms with Gasteiger partial charge in [0.2, 0.25) is 0 Å². The summed E-state index contributed by atoms with van der Waals surface area (Å²) in [5, 5.41) is 11.4. The van der Waals surface area contributed by atoms with E-state index in [1.54, 1.807) is 0 Å². The largest absolute Gasteiger partial charge is 0.481 e. The third kappa shape index (κ3) is 3.25. The Bertz CT molecular complexity index is 134. The maximum atomic E-state index is 10.3. The fourth-order valence-electron chi connectivity index (χ4n) is 0.970. The zero-order valence-electron chi connectivity index (χ0n) is 5.82. The second-order valence-electron chi connectivity index (χ2n) is 2.27. The predicted molar refractivity (Wildman–Crippen MR) is 46.5 cm³/mol. The Morgan fingerprint density at radius 1 is 1.45 bits per heavy atom. The molecule has 0 spiro atoms. The number of rotatable bonds is 1. The van der Waals surface area contributed by atoms with E-state index in [4.69, 9.17) is 10.8 Å². The Morgan fingerprint density at radius 2 is 2.00 bits per heavy atom. The van der Waals surface area contributed by atoms with Crippen molar-refractivity contribution in [2.24, 2.45) is 11.7 Å². The van der Waals surface area contributed by atoms with Gasteiger partial charge in [0.05, 0.1) is 5.92 Å². The summed E-state index contributed by atoms with van der Waals surface area (Å²) in [5.41, 5.74) is 5.44. The summed E-state index contributed by atoms with van der Waals surface area (Å²) in [5.74, 6) is -1.18. The molecule has 11 heavy (non-hydrogen) atoms. The Kier molecular flexibility index (Phi) is 6.90. The molecule has 0 aromatic heterocycles. The van der Waals surface area contributed by atoms with E-state index in [2.05, 4.69) is 5.32 Å². The maximum absolute atomic E-state index is 10.3. The van der Waals surface area contributed by atoms with Gasteiger partial charge >= 0.3 is 5.97 Å². The van der Waals surface area contributed by atoms with Crippen molar-refractivity contribution in [2.45, 2.75) is 6.04 Å². The van der Waals surface area contributed by atoms with Crippen molar-refractivity contribution >= 4 is 30.8 Å². The van der Waals surface area contributed by atoms with Crippen LogP contribution >= 0.6 is 24.8 Å². The van der Waals surface area contributed by atoms with Crippen LogP contribution in [-0.4, -0.2) is 30.2 Å². The molecule has 0 unspecified atom stereocenters. The molecule has 0 amide bonds. The van der Waals surface area contributed by atoms with Crippen molar-refractivity contribution in [2.75, 3.05) is 13.1 Å². The number of hydrogen-bond donors (Lipinski definition) is 3. The van der Waals surface area contributed by atoms with Crippen LogP contribution in [-0.2, 0) is 4.79 Å². The fourth-order valence-corrected chi connectivity index (χ4v) is 0.970. The Hall–Kier alpha value is -0.0300. The van der Waals surface area contributed by atoms with Gasteiger partial charge in [0.25, 0.3) is 0 Å². The number of halogens is 2. The highest BCUT2D eigenvalue weighted by molar-refractivity contribution is 5.85. The molecule has 2 atom stereocenters. The molecular weight excluding hydrogens is 191 g/mol. The number of nitrogens with one attached hydrogen (secondary N) is 1. The number of carbonyl (C=O) groups is 1. The Balaban J connectivity index is 0. The highest BCUT2D eigenvalue weighted by atomic mass is 35.5. The fraction of sp³-hybridized carbons (Fsp3) is 0.800. The predicted octanol–water partition coefficient (Wildman–Crippen LogP) is -0.539. The van der Waals surface area contributed by atoms with E-state index in [0.717, 1.165) is 0 Å². The van der Waals surface area contributed by atoms with E-state index < -0.39 is 5.97 Å². The van der Waals surface area contributed by atoms with Gasteiger partial charge in [-0.05, 0) is 0 Å². The Labute approximate surface area is 77.3 Å². The molecule has 4 nitrogen and oxygen atoms in total. The highest BCUT2D eigenvalue weighted by Gasteiger charge is 2.29. The molecular formula is C5H12Cl2N2O2. The summed E-state index contributed by atoms with van der Waals surface area (Å²) in [7, 11) is 0. The summed E-state index contributed by atoms with van der Waals surface area (Å²) >= 11 is 0. The van der Waals surface area contributed by atoms with Crippen molar-refractivity contribution in [3.63, 3.8) is 0 Å².